The monoisotopic (exact) mass is 321 g/mol. The number of nitrogens with zero attached hydrogens (tertiary/aromatic N) is 1. The number of carbonyl (C=O) groups is 1. The van der Waals surface area contributed by atoms with Crippen LogP contribution in [0.1, 0.15) is 22.3 Å². The molecule has 0 bridgehead atoms. The molecule has 0 N–H and O–H groups in total. The summed E-state index contributed by atoms with van der Waals surface area (Å²) in [5, 5.41) is 0. The molecule has 0 unspecified atom stereocenters. The van der Waals surface area contributed by atoms with E-state index in [0.717, 1.165) is 4.90 Å². The Morgan fingerprint density at radius 2 is 2.11 bits per heavy atom. The summed E-state index contributed by atoms with van der Waals surface area (Å²) in [5.74, 6) is -4.25. The van der Waals surface area contributed by atoms with Gasteiger partial charge in [-0.3, -0.25) is 4.79 Å². The molecule has 1 aromatic carbocycles. The fourth-order valence-corrected chi connectivity index (χ4v) is 2.22. The summed E-state index contributed by atoms with van der Waals surface area (Å²) in [6.07, 6.45) is -0.365. The van der Waals surface area contributed by atoms with Gasteiger partial charge in [0.1, 0.15) is 5.82 Å². The van der Waals surface area contributed by atoms with Crippen LogP contribution in [0.25, 0.3) is 0 Å². The van der Waals surface area contributed by atoms with Crippen LogP contribution in [0.5, 0.6) is 0 Å². The molecule has 0 radical (unpaired) electrons. The summed E-state index contributed by atoms with van der Waals surface area (Å²) in [5.41, 5.74) is 0.527. The summed E-state index contributed by atoms with van der Waals surface area (Å²) in [7, 11) is 0. The molecule has 1 heterocycles. The van der Waals surface area contributed by atoms with Crippen LogP contribution in [0.4, 0.5) is 13.2 Å². The van der Waals surface area contributed by atoms with Crippen LogP contribution in [-0.2, 0) is 0 Å². The van der Waals surface area contributed by atoms with E-state index in [0.29, 0.717) is 10.0 Å². The molecule has 0 aliphatic carbocycles. The molecular weight excluding hydrogens is 311 g/mol. The highest BCUT2D eigenvalue weighted by Crippen LogP contribution is 2.29. The Labute approximate surface area is 111 Å². The SMILES string of the molecule is Cc1cc(C(=O)N2CCC(F)(F)C2)c(F)cc1Br. The second-order valence-electron chi connectivity index (χ2n) is 4.41. The highest BCUT2D eigenvalue weighted by atomic mass is 79.9. The van der Waals surface area contributed by atoms with Crippen molar-refractivity contribution in [2.75, 3.05) is 13.1 Å². The molecule has 1 aliphatic rings. The van der Waals surface area contributed by atoms with E-state index in [-0.39, 0.29) is 18.5 Å². The van der Waals surface area contributed by atoms with Gasteiger partial charge < -0.3 is 4.90 Å². The van der Waals surface area contributed by atoms with Crippen molar-refractivity contribution in [1.82, 2.24) is 4.90 Å². The van der Waals surface area contributed by atoms with Gasteiger partial charge in [-0.15, -0.1) is 0 Å². The molecule has 0 saturated carbocycles. The van der Waals surface area contributed by atoms with E-state index in [4.69, 9.17) is 0 Å². The zero-order valence-corrected chi connectivity index (χ0v) is 11.2. The van der Waals surface area contributed by atoms with E-state index in [1.54, 1.807) is 6.92 Å². The van der Waals surface area contributed by atoms with Crippen LogP contribution in [0.15, 0.2) is 16.6 Å². The van der Waals surface area contributed by atoms with Crippen LogP contribution in [-0.4, -0.2) is 29.8 Å². The van der Waals surface area contributed by atoms with Crippen molar-refractivity contribution < 1.29 is 18.0 Å². The van der Waals surface area contributed by atoms with E-state index in [9.17, 15) is 18.0 Å². The van der Waals surface area contributed by atoms with Crippen molar-refractivity contribution in [1.29, 1.82) is 0 Å². The van der Waals surface area contributed by atoms with E-state index >= 15 is 0 Å². The van der Waals surface area contributed by atoms with Crippen LogP contribution in [0.3, 0.4) is 0 Å². The molecule has 1 aliphatic heterocycles. The third kappa shape index (κ3) is 2.53. The lowest BCUT2D eigenvalue weighted by Crippen LogP contribution is -2.32. The topological polar surface area (TPSA) is 20.3 Å². The number of hydrogen-bond donors (Lipinski definition) is 0. The van der Waals surface area contributed by atoms with Gasteiger partial charge in [0.05, 0.1) is 12.1 Å². The molecule has 1 saturated heterocycles. The van der Waals surface area contributed by atoms with Crippen LogP contribution >= 0.6 is 15.9 Å². The van der Waals surface area contributed by atoms with Crippen LogP contribution in [0, 0.1) is 12.7 Å². The molecule has 1 amide bonds. The number of hydrogen-bond acceptors (Lipinski definition) is 1. The number of amides is 1. The Hall–Kier alpha value is -1.04. The van der Waals surface area contributed by atoms with E-state index in [1.807, 2.05) is 0 Å². The molecule has 2 rings (SSSR count). The number of alkyl halides is 2. The van der Waals surface area contributed by atoms with Gasteiger partial charge >= 0.3 is 0 Å². The average Bonchev–Trinajstić information content (AvgIpc) is 2.63. The first-order valence-corrected chi connectivity index (χ1v) is 6.22. The van der Waals surface area contributed by atoms with Crippen molar-refractivity contribution in [3.05, 3.63) is 33.5 Å². The number of likely N-dealkylation sites (tertiary alicyclic amines) is 1. The minimum atomic E-state index is -2.86. The zero-order valence-electron chi connectivity index (χ0n) is 9.64. The number of benzene rings is 1. The van der Waals surface area contributed by atoms with Gasteiger partial charge in [0.2, 0.25) is 0 Å². The summed E-state index contributed by atoms with van der Waals surface area (Å²) in [4.78, 5) is 12.9. The normalized spacial score (nSPS) is 18.2. The second-order valence-corrected chi connectivity index (χ2v) is 5.27. The Morgan fingerprint density at radius 3 is 2.67 bits per heavy atom. The van der Waals surface area contributed by atoms with Gasteiger partial charge in [0.15, 0.2) is 0 Å². The number of carbonyl (C=O) groups excluding carboxylic acids is 1. The van der Waals surface area contributed by atoms with E-state index in [2.05, 4.69) is 15.9 Å². The fourth-order valence-electron chi connectivity index (χ4n) is 1.90. The first kappa shape index (κ1) is 13.4. The maximum atomic E-state index is 13.7. The smallest absolute Gasteiger partial charge is 0.267 e. The van der Waals surface area contributed by atoms with Gasteiger partial charge in [-0.25, -0.2) is 13.2 Å². The van der Waals surface area contributed by atoms with E-state index in [1.165, 1.54) is 12.1 Å². The van der Waals surface area contributed by atoms with Gasteiger partial charge in [-0.05, 0) is 24.6 Å². The molecule has 1 aromatic rings. The lowest BCUT2D eigenvalue weighted by atomic mass is 10.1. The maximum Gasteiger partial charge on any atom is 0.267 e. The Bertz CT molecular complexity index is 504. The van der Waals surface area contributed by atoms with E-state index < -0.39 is 24.2 Å². The molecule has 1 fully saturated rings. The molecule has 0 spiro atoms. The third-order valence-electron chi connectivity index (χ3n) is 2.94. The largest absolute Gasteiger partial charge is 0.332 e. The molecule has 18 heavy (non-hydrogen) atoms. The van der Waals surface area contributed by atoms with Crippen LogP contribution in [0.2, 0.25) is 0 Å². The first-order chi connectivity index (χ1) is 8.30. The predicted molar refractivity (Wildman–Crippen MR) is 64.3 cm³/mol. The highest BCUT2D eigenvalue weighted by Gasteiger charge is 2.40. The Morgan fingerprint density at radius 1 is 1.44 bits per heavy atom. The third-order valence-corrected chi connectivity index (χ3v) is 3.79. The number of halogens is 4. The second kappa shape index (κ2) is 4.57. The van der Waals surface area contributed by atoms with Gasteiger partial charge in [0, 0.05) is 17.4 Å². The predicted octanol–water partition coefficient (Wildman–Crippen LogP) is 3.38. The summed E-state index contributed by atoms with van der Waals surface area (Å²) >= 11 is 3.15. The highest BCUT2D eigenvalue weighted by molar-refractivity contribution is 9.10. The van der Waals surface area contributed by atoms with Gasteiger partial charge in [-0.1, -0.05) is 15.9 Å². The molecule has 0 aromatic heterocycles. The quantitative estimate of drug-likeness (QED) is 0.776. The van der Waals surface area contributed by atoms with Crippen molar-refractivity contribution >= 4 is 21.8 Å². The molecule has 98 valence electrons. The number of aryl methyl sites for hydroxylation is 1. The molecule has 0 atom stereocenters. The summed E-state index contributed by atoms with van der Waals surface area (Å²) in [6, 6.07) is 2.55. The van der Waals surface area contributed by atoms with Crippen molar-refractivity contribution in [3.63, 3.8) is 0 Å². The van der Waals surface area contributed by atoms with Gasteiger partial charge in [-0.2, -0.15) is 0 Å². The fraction of sp³-hybridized carbons (Fsp3) is 0.417. The lowest BCUT2D eigenvalue weighted by Gasteiger charge is -2.17. The molecule has 2 nitrogen and oxygen atoms in total. The van der Waals surface area contributed by atoms with Crippen molar-refractivity contribution in [2.45, 2.75) is 19.3 Å². The zero-order chi connectivity index (χ0) is 13.5. The maximum absolute atomic E-state index is 13.7. The molecule has 6 heteroatoms. The Balaban J connectivity index is 2.27. The van der Waals surface area contributed by atoms with Crippen molar-refractivity contribution in [3.8, 4) is 0 Å². The molecular formula is C12H11BrF3NO. The van der Waals surface area contributed by atoms with Crippen molar-refractivity contribution in [2.24, 2.45) is 0 Å². The standard InChI is InChI=1S/C12H11BrF3NO/c1-7-4-8(10(14)5-9(7)13)11(18)17-3-2-12(15,16)6-17/h4-5H,2-3,6H2,1H3. The number of rotatable bonds is 1. The van der Waals surface area contributed by atoms with Crippen LogP contribution < -0.4 is 0 Å². The minimum Gasteiger partial charge on any atom is -0.332 e. The van der Waals surface area contributed by atoms with Gasteiger partial charge in [0.25, 0.3) is 11.8 Å². The minimum absolute atomic E-state index is 0.0413. The lowest BCUT2D eigenvalue weighted by molar-refractivity contribution is 0.0119. The summed E-state index contributed by atoms with van der Waals surface area (Å²) < 4.78 is 40.2. The Kier molecular flexibility index (Phi) is 3.40. The summed E-state index contributed by atoms with van der Waals surface area (Å²) in [6.45, 7) is 1.03. The average molecular weight is 322 g/mol. The first-order valence-electron chi connectivity index (χ1n) is 5.43.